The van der Waals surface area contributed by atoms with Crippen LogP contribution in [0.1, 0.15) is 12.8 Å². The van der Waals surface area contributed by atoms with Gasteiger partial charge in [0.25, 0.3) is 0 Å². The molecule has 0 unspecified atom stereocenters. The van der Waals surface area contributed by atoms with Gasteiger partial charge in [0.1, 0.15) is 17.3 Å². The van der Waals surface area contributed by atoms with E-state index in [-0.39, 0.29) is 11.8 Å². The third-order valence-electron chi connectivity index (χ3n) is 2.22. The van der Waals surface area contributed by atoms with Gasteiger partial charge in [-0.2, -0.15) is 0 Å². The van der Waals surface area contributed by atoms with Crippen LogP contribution in [-0.2, 0) is 0 Å². The van der Waals surface area contributed by atoms with Crippen LogP contribution in [0.5, 0.6) is 0 Å². The summed E-state index contributed by atoms with van der Waals surface area (Å²) in [6, 6.07) is 1.17. The molecule has 0 amide bonds. The lowest BCUT2D eigenvalue weighted by atomic mass is 10.3. The second-order valence-electron chi connectivity index (χ2n) is 3.53. The average Bonchev–Trinajstić information content (AvgIpc) is 2.93. The first kappa shape index (κ1) is 10.0. The summed E-state index contributed by atoms with van der Waals surface area (Å²) >= 11 is 0. The molecule has 80 valence electrons. The van der Waals surface area contributed by atoms with E-state index in [1.165, 1.54) is 0 Å². The highest BCUT2D eigenvalue weighted by atomic mass is 19.1. The summed E-state index contributed by atoms with van der Waals surface area (Å²) in [6.45, 7) is 0. The first-order chi connectivity index (χ1) is 7.08. The maximum atomic E-state index is 13.1. The maximum Gasteiger partial charge on any atom is 0.154 e. The second kappa shape index (κ2) is 3.56. The molecule has 1 aromatic rings. The van der Waals surface area contributed by atoms with E-state index in [1.54, 1.807) is 0 Å². The number of rotatable bonds is 2. The highest BCUT2D eigenvalue weighted by Gasteiger charge is 2.26. The quantitative estimate of drug-likeness (QED) is 0.596. The Kier molecular flexibility index (Phi) is 2.38. The van der Waals surface area contributed by atoms with E-state index in [9.17, 15) is 13.2 Å². The molecular formula is C10H9F3N2. The molecule has 0 aromatic heterocycles. The van der Waals surface area contributed by atoms with E-state index < -0.39 is 23.1 Å². The normalized spacial score (nSPS) is 16.9. The molecule has 0 radical (unpaired) electrons. The highest BCUT2D eigenvalue weighted by molar-refractivity contribution is 5.87. The summed E-state index contributed by atoms with van der Waals surface area (Å²) in [4.78, 5) is 3.64. The molecule has 1 aliphatic rings. The van der Waals surface area contributed by atoms with Gasteiger partial charge in [-0.1, -0.05) is 0 Å². The van der Waals surface area contributed by atoms with E-state index in [1.807, 2.05) is 0 Å². The molecule has 0 aliphatic heterocycles. The Bertz CT molecular complexity index is 402. The largest absolute Gasteiger partial charge is 0.387 e. The minimum absolute atomic E-state index is 0.119. The first-order valence-corrected chi connectivity index (χ1v) is 4.56. The number of nitrogens with two attached hydrogens (primary N) is 1. The van der Waals surface area contributed by atoms with Gasteiger partial charge >= 0.3 is 0 Å². The van der Waals surface area contributed by atoms with Gasteiger partial charge in [-0.3, -0.25) is 0 Å². The van der Waals surface area contributed by atoms with Crippen LogP contribution in [-0.4, -0.2) is 5.84 Å². The predicted octanol–water partition coefficient (Wildman–Crippen LogP) is 2.50. The van der Waals surface area contributed by atoms with Gasteiger partial charge in [-0.25, -0.2) is 18.2 Å². The van der Waals surface area contributed by atoms with Crippen LogP contribution < -0.4 is 5.73 Å². The monoisotopic (exact) mass is 214 g/mol. The summed E-state index contributed by atoms with van der Waals surface area (Å²) in [6.07, 6.45) is 1.78. The van der Waals surface area contributed by atoms with Crippen LogP contribution in [0.4, 0.5) is 18.9 Å². The van der Waals surface area contributed by atoms with E-state index in [0.29, 0.717) is 12.1 Å². The SMILES string of the molecule is NC(=Nc1c(F)cc(F)cc1F)C1CC1. The van der Waals surface area contributed by atoms with Crippen molar-refractivity contribution in [2.75, 3.05) is 0 Å². The smallest absolute Gasteiger partial charge is 0.154 e. The number of hydrogen-bond donors (Lipinski definition) is 1. The van der Waals surface area contributed by atoms with Crippen LogP contribution in [0.2, 0.25) is 0 Å². The van der Waals surface area contributed by atoms with E-state index in [2.05, 4.69) is 4.99 Å². The van der Waals surface area contributed by atoms with Crippen LogP contribution in [0.15, 0.2) is 17.1 Å². The molecule has 1 saturated carbocycles. The Labute approximate surface area is 84.6 Å². The average molecular weight is 214 g/mol. The number of aliphatic imine (C=N–C) groups is 1. The van der Waals surface area contributed by atoms with Crippen molar-refractivity contribution in [2.24, 2.45) is 16.6 Å². The standard InChI is InChI=1S/C10H9F3N2/c11-6-3-7(12)9(8(13)4-6)15-10(14)5-1-2-5/h3-5H,1-2H2,(H2,14,15). The van der Waals surface area contributed by atoms with Gasteiger partial charge in [0.05, 0.1) is 0 Å². The third kappa shape index (κ3) is 2.11. The highest BCUT2D eigenvalue weighted by Crippen LogP contribution is 2.31. The van der Waals surface area contributed by atoms with Crippen molar-refractivity contribution in [1.29, 1.82) is 0 Å². The van der Waals surface area contributed by atoms with E-state index >= 15 is 0 Å². The minimum atomic E-state index is -1.03. The predicted molar refractivity (Wildman–Crippen MR) is 50.3 cm³/mol. The van der Waals surface area contributed by atoms with Crippen molar-refractivity contribution in [2.45, 2.75) is 12.8 Å². The molecule has 2 nitrogen and oxygen atoms in total. The fraction of sp³-hybridized carbons (Fsp3) is 0.300. The lowest BCUT2D eigenvalue weighted by Gasteiger charge is -2.01. The Morgan fingerprint density at radius 2 is 1.73 bits per heavy atom. The molecular weight excluding hydrogens is 205 g/mol. The van der Waals surface area contributed by atoms with Crippen LogP contribution in [0.25, 0.3) is 0 Å². The van der Waals surface area contributed by atoms with Crippen molar-refractivity contribution in [1.82, 2.24) is 0 Å². The van der Waals surface area contributed by atoms with Gasteiger partial charge in [0.15, 0.2) is 11.6 Å². The summed E-state index contributed by atoms with van der Waals surface area (Å²) in [7, 11) is 0. The molecule has 0 saturated heterocycles. The fourth-order valence-corrected chi connectivity index (χ4v) is 1.24. The molecule has 2 rings (SSSR count). The fourth-order valence-electron chi connectivity index (χ4n) is 1.24. The van der Waals surface area contributed by atoms with E-state index in [4.69, 9.17) is 5.73 Å². The number of nitrogens with zero attached hydrogens (tertiary/aromatic N) is 1. The molecule has 0 bridgehead atoms. The maximum absolute atomic E-state index is 13.1. The summed E-state index contributed by atoms with van der Waals surface area (Å²) in [5.41, 5.74) is 5.00. The zero-order valence-corrected chi connectivity index (χ0v) is 7.80. The van der Waals surface area contributed by atoms with Gasteiger partial charge in [0.2, 0.25) is 0 Å². The minimum Gasteiger partial charge on any atom is -0.387 e. The van der Waals surface area contributed by atoms with Gasteiger partial charge < -0.3 is 5.73 Å². The first-order valence-electron chi connectivity index (χ1n) is 4.56. The molecule has 1 aliphatic carbocycles. The van der Waals surface area contributed by atoms with Crippen LogP contribution in [0, 0.1) is 23.4 Å². The Hall–Kier alpha value is -1.52. The Morgan fingerprint density at radius 3 is 2.20 bits per heavy atom. The molecule has 0 heterocycles. The summed E-state index contributed by atoms with van der Waals surface area (Å²) in [5, 5.41) is 0. The summed E-state index contributed by atoms with van der Waals surface area (Å²) < 4.78 is 38.8. The molecule has 1 fully saturated rings. The Balaban J connectivity index is 2.39. The molecule has 2 N–H and O–H groups in total. The number of halogens is 3. The lowest BCUT2D eigenvalue weighted by molar-refractivity contribution is 0.546. The number of amidine groups is 1. The van der Waals surface area contributed by atoms with Crippen LogP contribution in [0.3, 0.4) is 0 Å². The van der Waals surface area contributed by atoms with Gasteiger partial charge in [0, 0.05) is 18.1 Å². The molecule has 15 heavy (non-hydrogen) atoms. The van der Waals surface area contributed by atoms with Crippen LogP contribution >= 0.6 is 0 Å². The van der Waals surface area contributed by atoms with Crippen molar-refractivity contribution in [3.05, 3.63) is 29.6 Å². The van der Waals surface area contributed by atoms with Crippen molar-refractivity contribution in [3.63, 3.8) is 0 Å². The molecule has 0 spiro atoms. The zero-order chi connectivity index (χ0) is 11.0. The number of hydrogen-bond acceptors (Lipinski definition) is 1. The molecule has 0 atom stereocenters. The van der Waals surface area contributed by atoms with Crippen molar-refractivity contribution in [3.8, 4) is 0 Å². The Morgan fingerprint density at radius 1 is 1.20 bits per heavy atom. The molecule has 5 heteroatoms. The second-order valence-corrected chi connectivity index (χ2v) is 3.53. The zero-order valence-electron chi connectivity index (χ0n) is 7.80. The number of benzene rings is 1. The third-order valence-corrected chi connectivity index (χ3v) is 2.22. The van der Waals surface area contributed by atoms with Gasteiger partial charge in [-0.15, -0.1) is 0 Å². The lowest BCUT2D eigenvalue weighted by Crippen LogP contribution is -2.13. The van der Waals surface area contributed by atoms with Crippen molar-refractivity contribution >= 4 is 11.5 Å². The van der Waals surface area contributed by atoms with Crippen molar-refractivity contribution < 1.29 is 13.2 Å². The molecule has 1 aromatic carbocycles. The van der Waals surface area contributed by atoms with E-state index in [0.717, 1.165) is 12.8 Å². The summed E-state index contributed by atoms with van der Waals surface area (Å²) in [5.74, 6) is -2.70. The topological polar surface area (TPSA) is 38.4 Å². The van der Waals surface area contributed by atoms with Gasteiger partial charge in [-0.05, 0) is 12.8 Å².